The molecule has 0 radical (unpaired) electrons. The van der Waals surface area contributed by atoms with Crippen LogP contribution in [0.1, 0.15) is 45.5 Å². The third-order valence-corrected chi connectivity index (χ3v) is 6.60. The highest BCUT2D eigenvalue weighted by Gasteiger charge is 2.51. The van der Waals surface area contributed by atoms with Crippen LogP contribution in [0.25, 0.3) is 0 Å². The third-order valence-electron chi connectivity index (χ3n) is 6.60. The standard InChI is InChI=1S/C28H29NO5/c1-18-7-6-8-20(15-18)13-14-34-25-16-21(11-12-24(25)33-3)26(30)29-28(27(31)32)17-22-9-4-5-10-23(22)19(28)2/h4-12,15-16,19H,13-14,17H2,1-3H3,(H,29,30)(H,31,32). The zero-order valence-corrected chi connectivity index (χ0v) is 19.6. The number of rotatable bonds is 8. The average molecular weight is 460 g/mol. The first-order valence-corrected chi connectivity index (χ1v) is 11.3. The van der Waals surface area contributed by atoms with E-state index < -0.39 is 17.4 Å². The molecule has 34 heavy (non-hydrogen) atoms. The summed E-state index contributed by atoms with van der Waals surface area (Å²) in [6.45, 7) is 4.30. The van der Waals surface area contributed by atoms with E-state index in [1.807, 2.05) is 56.3 Å². The number of hydrogen-bond acceptors (Lipinski definition) is 4. The molecule has 2 atom stereocenters. The number of methoxy groups -OCH3 is 1. The average Bonchev–Trinajstić information content (AvgIpc) is 3.11. The van der Waals surface area contributed by atoms with Crippen LogP contribution in [-0.2, 0) is 17.6 Å². The number of aryl methyl sites for hydroxylation is 1. The largest absolute Gasteiger partial charge is 0.493 e. The summed E-state index contributed by atoms with van der Waals surface area (Å²) in [7, 11) is 1.54. The maximum Gasteiger partial charge on any atom is 0.330 e. The Kier molecular flexibility index (Phi) is 6.59. The number of benzene rings is 3. The van der Waals surface area contributed by atoms with Gasteiger partial charge in [0.15, 0.2) is 11.5 Å². The maximum atomic E-state index is 13.2. The van der Waals surface area contributed by atoms with Crippen LogP contribution in [0.15, 0.2) is 66.7 Å². The summed E-state index contributed by atoms with van der Waals surface area (Å²) in [6, 6.07) is 20.7. The van der Waals surface area contributed by atoms with E-state index in [1.54, 1.807) is 25.3 Å². The fourth-order valence-electron chi connectivity index (χ4n) is 4.66. The summed E-state index contributed by atoms with van der Waals surface area (Å²) in [6.07, 6.45) is 0.945. The van der Waals surface area contributed by atoms with Gasteiger partial charge in [0, 0.05) is 24.3 Å². The molecule has 0 saturated carbocycles. The first-order chi connectivity index (χ1) is 16.3. The van der Waals surface area contributed by atoms with E-state index in [4.69, 9.17) is 9.47 Å². The second kappa shape index (κ2) is 9.59. The van der Waals surface area contributed by atoms with Crippen LogP contribution in [0, 0.1) is 6.92 Å². The van der Waals surface area contributed by atoms with Gasteiger partial charge in [-0.25, -0.2) is 4.79 Å². The molecule has 6 nitrogen and oxygen atoms in total. The quantitative estimate of drug-likeness (QED) is 0.517. The van der Waals surface area contributed by atoms with E-state index in [1.165, 1.54) is 5.56 Å². The van der Waals surface area contributed by atoms with E-state index in [0.29, 0.717) is 30.1 Å². The fraction of sp³-hybridized carbons (Fsp3) is 0.286. The van der Waals surface area contributed by atoms with Crippen molar-refractivity contribution in [3.8, 4) is 11.5 Å². The normalized spacial score (nSPS) is 18.7. The molecule has 0 heterocycles. The molecule has 2 unspecified atom stereocenters. The van der Waals surface area contributed by atoms with Gasteiger partial charge in [0.1, 0.15) is 5.54 Å². The predicted molar refractivity (Wildman–Crippen MR) is 130 cm³/mol. The number of fused-ring (bicyclic) bond motifs is 1. The lowest BCUT2D eigenvalue weighted by atomic mass is 9.85. The molecule has 6 heteroatoms. The van der Waals surface area contributed by atoms with Crippen LogP contribution in [0.2, 0.25) is 0 Å². The second-order valence-corrected chi connectivity index (χ2v) is 8.78. The van der Waals surface area contributed by atoms with E-state index in [9.17, 15) is 14.7 Å². The molecule has 0 aliphatic heterocycles. The summed E-state index contributed by atoms with van der Waals surface area (Å²) in [5.41, 5.74) is 3.13. The Labute approximate surface area is 199 Å². The van der Waals surface area contributed by atoms with Crippen molar-refractivity contribution in [1.82, 2.24) is 5.32 Å². The summed E-state index contributed by atoms with van der Waals surface area (Å²) in [5.74, 6) is -0.931. The van der Waals surface area contributed by atoms with Gasteiger partial charge in [0.2, 0.25) is 0 Å². The van der Waals surface area contributed by atoms with Gasteiger partial charge in [0.25, 0.3) is 5.91 Å². The summed E-state index contributed by atoms with van der Waals surface area (Å²) in [4.78, 5) is 25.6. The highest BCUT2D eigenvalue weighted by atomic mass is 16.5. The topological polar surface area (TPSA) is 84.9 Å². The molecule has 0 spiro atoms. The molecule has 2 N–H and O–H groups in total. The lowest BCUT2D eigenvalue weighted by molar-refractivity contribution is -0.145. The molecule has 1 aliphatic rings. The van der Waals surface area contributed by atoms with Crippen LogP contribution in [-0.4, -0.2) is 36.2 Å². The van der Waals surface area contributed by atoms with Crippen molar-refractivity contribution in [2.24, 2.45) is 0 Å². The molecule has 0 bridgehead atoms. The van der Waals surface area contributed by atoms with Gasteiger partial charge in [0.05, 0.1) is 13.7 Å². The smallest absolute Gasteiger partial charge is 0.330 e. The Morgan fingerprint density at radius 2 is 1.85 bits per heavy atom. The molecule has 1 amide bonds. The van der Waals surface area contributed by atoms with Crippen LogP contribution in [0.5, 0.6) is 11.5 Å². The summed E-state index contributed by atoms with van der Waals surface area (Å²) in [5, 5.41) is 12.9. The highest BCUT2D eigenvalue weighted by molar-refractivity contribution is 5.99. The number of carboxylic acids is 1. The Hall–Kier alpha value is -3.80. The van der Waals surface area contributed by atoms with Crippen LogP contribution in [0.3, 0.4) is 0 Å². The van der Waals surface area contributed by atoms with Gasteiger partial charge < -0.3 is 19.9 Å². The van der Waals surface area contributed by atoms with E-state index >= 15 is 0 Å². The monoisotopic (exact) mass is 459 g/mol. The van der Waals surface area contributed by atoms with Crippen molar-refractivity contribution in [3.05, 3.63) is 94.5 Å². The summed E-state index contributed by atoms with van der Waals surface area (Å²) >= 11 is 0. The zero-order chi connectivity index (χ0) is 24.3. The van der Waals surface area contributed by atoms with Crippen LogP contribution >= 0.6 is 0 Å². The van der Waals surface area contributed by atoms with E-state index in [0.717, 1.165) is 16.7 Å². The van der Waals surface area contributed by atoms with Gasteiger partial charge in [-0.2, -0.15) is 0 Å². The summed E-state index contributed by atoms with van der Waals surface area (Å²) < 4.78 is 11.4. The van der Waals surface area contributed by atoms with Crippen LogP contribution < -0.4 is 14.8 Å². The number of amides is 1. The Balaban J connectivity index is 1.52. The molecule has 0 saturated heterocycles. The Morgan fingerprint density at radius 1 is 1.06 bits per heavy atom. The molecule has 4 rings (SSSR count). The number of carbonyl (C=O) groups excluding carboxylic acids is 1. The zero-order valence-electron chi connectivity index (χ0n) is 19.6. The molecular formula is C28H29NO5. The number of hydrogen-bond donors (Lipinski definition) is 2. The van der Waals surface area contributed by atoms with Gasteiger partial charge in [-0.05, 0) is 41.8 Å². The van der Waals surface area contributed by atoms with Crippen LogP contribution in [0.4, 0.5) is 0 Å². The Bertz CT molecular complexity index is 1220. The molecule has 176 valence electrons. The lowest BCUT2D eigenvalue weighted by Gasteiger charge is -2.30. The van der Waals surface area contributed by atoms with Crippen molar-refractivity contribution >= 4 is 11.9 Å². The molecule has 0 aromatic heterocycles. The minimum Gasteiger partial charge on any atom is -0.493 e. The minimum atomic E-state index is -1.41. The number of aliphatic carboxylic acids is 1. The minimum absolute atomic E-state index is 0.238. The SMILES string of the molecule is COc1ccc(C(=O)NC2(C(=O)O)Cc3ccccc3C2C)cc1OCCc1cccc(C)c1. The van der Waals surface area contributed by atoms with Crippen molar-refractivity contribution < 1.29 is 24.2 Å². The predicted octanol–water partition coefficient (Wildman–Crippen LogP) is 4.54. The van der Waals surface area contributed by atoms with Crippen molar-refractivity contribution in [2.45, 2.75) is 38.1 Å². The second-order valence-electron chi connectivity index (χ2n) is 8.78. The number of carbonyl (C=O) groups is 2. The molecule has 3 aromatic carbocycles. The third kappa shape index (κ3) is 4.49. The maximum absolute atomic E-state index is 13.2. The number of ether oxygens (including phenoxy) is 2. The molecular weight excluding hydrogens is 430 g/mol. The number of carboxylic acid groups (broad SMARTS) is 1. The molecule has 0 fully saturated rings. The highest BCUT2D eigenvalue weighted by Crippen LogP contribution is 2.41. The molecule has 1 aliphatic carbocycles. The van der Waals surface area contributed by atoms with E-state index in [2.05, 4.69) is 11.4 Å². The molecule has 3 aromatic rings. The van der Waals surface area contributed by atoms with Crippen molar-refractivity contribution in [2.75, 3.05) is 13.7 Å². The van der Waals surface area contributed by atoms with E-state index in [-0.39, 0.29) is 12.3 Å². The van der Waals surface area contributed by atoms with Gasteiger partial charge in [-0.15, -0.1) is 0 Å². The number of nitrogens with one attached hydrogen (secondary N) is 1. The first-order valence-electron chi connectivity index (χ1n) is 11.3. The van der Waals surface area contributed by atoms with Crippen molar-refractivity contribution in [3.63, 3.8) is 0 Å². The first kappa shape index (κ1) is 23.4. The fourth-order valence-corrected chi connectivity index (χ4v) is 4.66. The van der Waals surface area contributed by atoms with Crippen molar-refractivity contribution in [1.29, 1.82) is 0 Å². The van der Waals surface area contributed by atoms with Gasteiger partial charge in [-0.1, -0.05) is 61.0 Å². The lowest BCUT2D eigenvalue weighted by Crippen LogP contribution is -2.57. The van der Waals surface area contributed by atoms with Gasteiger partial charge >= 0.3 is 5.97 Å². The van der Waals surface area contributed by atoms with Gasteiger partial charge in [-0.3, -0.25) is 4.79 Å². The Morgan fingerprint density at radius 3 is 2.56 bits per heavy atom.